The fourth-order valence-electron chi connectivity index (χ4n) is 2.25. The van der Waals surface area contributed by atoms with Crippen molar-refractivity contribution in [2.45, 2.75) is 39.2 Å². The van der Waals surface area contributed by atoms with E-state index in [1.807, 2.05) is 6.07 Å². The molecule has 1 aromatic carbocycles. The molecule has 1 N–H and O–H groups in total. The largest absolute Gasteiger partial charge is 0.309 e. The van der Waals surface area contributed by atoms with Gasteiger partial charge in [0.2, 0.25) is 0 Å². The Morgan fingerprint density at radius 3 is 2.30 bits per heavy atom. The Labute approximate surface area is 131 Å². The number of thiophene rings is 1. The summed E-state index contributed by atoms with van der Waals surface area (Å²) in [6.45, 7) is 5.42. The molecule has 3 heteroatoms. The van der Waals surface area contributed by atoms with Gasteiger partial charge >= 0.3 is 0 Å². The predicted octanol–water partition coefficient (Wildman–Crippen LogP) is 5.25. The van der Waals surface area contributed by atoms with E-state index in [9.17, 15) is 0 Å². The highest BCUT2D eigenvalue weighted by atomic mass is 35.5. The van der Waals surface area contributed by atoms with Gasteiger partial charge in [0.05, 0.1) is 4.34 Å². The van der Waals surface area contributed by atoms with Gasteiger partial charge in [-0.3, -0.25) is 0 Å². The van der Waals surface area contributed by atoms with Crippen LogP contribution in [-0.4, -0.2) is 6.54 Å². The number of aryl methyl sites for hydroxylation is 1. The molecule has 0 fully saturated rings. The minimum Gasteiger partial charge on any atom is -0.309 e. The number of nitrogens with one attached hydrogen (secondary N) is 1. The molecule has 0 saturated heterocycles. The lowest BCUT2D eigenvalue weighted by Gasteiger charge is -2.17. The smallest absolute Gasteiger partial charge is 0.0931 e. The van der Waals surface area contributed by atoms with Crippen molar-refractivity contribution < 1.29 is 0 Å². The first kappa shape index (κ1) is 15.6. The van der Waals surface area contributed by atoms with Crippen molar-refractivity contribution in [3.8, 4) is 0 Å². The van der Waals surface area contributed by atoms with Crippen molar-refractivity contribution in [1.82, 2.24) is 5.32 Å². The highest BCUT2D eigenvalue weighted by Gasteiger charge is 2.13. The zero-order valence-corrected chi connectivity index (χ0v) is 13.7. The first-order chi connectivity index (χ1) is 9.72. The van der Waals surface area contributed by atoms with Crippen LogP contribution < -0.4 is 5.32 Å². The van der Waals surface area contributed by atoms with E-state index in [1.165, 1.54) is 16.0 Å². The van der Waals surface area contributed by atoms with Gasteiger partial charge in [-0.05, 0) is 49.1 Å². The summed E-state index contributed by atoms with van der Waals surface area (Å²) < 4.78 is 0.865. The topological polar surface area (TPSA) is 12.0 Å². The fourth-order valence-corrected chi connectivity index (χ4v) is 3.39. The van der Waals surface area contributed by atoms with Crippen LogP contribution in [0.5, 0.6) is 0 Å². The van der Waals surface area contributed by atoms with Crippen molar-refractivity contribution in [3.63, 3.8) is 0 Å². The van der Waals surface area contributed by atoms with Crippen LogP contribution >= 0.6 is 22.9 Å². The van der Waals surface area contributed by atoms with E-state index in [0.29, 0.717) is 6.04 Å². The molecule has 1 nitrogen and oxygen atoms in total. The van der Waals surface area contributed by atoms with Crippen LogP contribution in [0, 0.1) is 0 Å². The maximum atomic E-state index is 6.07. The lowest BCUT2D eigenvalue weighted by atomic mass is 10.0. The Morgan fingerprint density at radius 2 is 1.75 bits per heavy atom. The van der Waals surface area contributed by atoms with Gasteiger partial charge < -0.3 is 5.32 Å². The molecular formula is C17H22ClNS. The molecule has 0 saturated carbocycles. The van der Waals surface area contributed by atoms with Gasteiger partial charge in [0.15, 0.2) is 0 Å². The number of hydrogen-bond acceptors (Lipinski definition) is 2. The van der Waals surface area contributed by atoms with Gasteiger partial charge in [-0.15, -0.1) is 11.3 Å². The van der Waals surface area contributed by atoms with Crippen molar-refractivity contribution in [1.29, 1.82) is 0 Å². The van der Waals surface area contributed by atoms with Gasteiger partial charge in [-0.2, -0.15) is 0 Å². The van der Waals surface area contributed by atoms with E-state index >= 15 is 0 Å². The minimum absolute atomic E-state index is 0.361. The van der Waals surface area contributed by atoms with E-state index < -0.39 is 0 Å². The summed E-state index contributed by atoms with van der Waals surface area (Å²) >= 11 is 7.75. The van der Waals surface area contributed by atoms with Gasteiger partial charge in [0, 0.05) is 10.9 Å². The molecule has 0 aliphatic rings. The molecule has 1 aromatic heterocycles. The monoisotopic (exact) mass is 307 g/mol. The average Bonchev–Trinajstić information content (AvgIpc) is 2.90. The van der Waals surface area contributed by atoms with Crippen LogP contribution in [0.2, 0.25) is 4.34 Å². The number of halogens is 1. The Bertz CT molecular complexity index is 518. The predicted molar refractivity (Wildman–Crippen MR) is 89.9 cm³/mol. The van der Waals surface area contributed by atoms with Gasteiger partial charge in [0.1, 0.15) is 0 Å². The third-order valence-corrected chi connectivity index (χ3v) is 4.79. The zero-order chi connectivity index (χ0) is 14.4. The average molecular weight is 308 g/mol. The molecule has 0 bridgehead atoms. The number of rotatable bonds is 7. The molecule has 0 amide bonds. The van der Waals surface area contributed by atoms with Crippen LogP contribution in [0.15, 0.2) is 36.4 Å². The Hall–Kier alpha value is -0.830. The minimum atomic E-state index is 0.361. The summed E-state index contributed by atoms with van der Waals surface area (Å²) in [4.78, 5) is 1.32. The van der Waals surface area contributed by atoms with Crippen molar-refractivity contribution in [2.75, 3.05) is 6.54 Å². The molecule has 2 rings (SSSR count). The normalized spacial score (nSPS) is 12.6. The Kier molecular flexibility index (Phi) is 6.08. The first-order valence-corrected chi connectivity index (χ1v) is 8.48. The highest BCUT2D eigenvalue weighted by Crippen LogP contribution is 2.29. The van der Waals surface area contributed by atoms with E-state index in [2.05, 4.69) is 49.5 Å². The summed E-state index contributed by atoms with van der Waals surface area (Å²) in [6.07, 6.45) is 3.25. The van der Waals surface area contributed by atoms with Crippen LogP contribution in [-0.2, 0) is 12.8 Å². The van der Waals surface area contributed by atoms with E-state index in [4.69, 9.17) is 11.6 Å². The second-order valence-corrected chi connectivity index (χ2v) is 6.77. The lowest BCUT2D eigenvalue weighted by Crippen LogP contribution is -2.23. The SMILES string of the molecule is CCCNC(Cc1ccc(CC)cc1)c1ccc(Cl)s1. The van der Waals surface area contributed by atoms with Crippen LogP contribution in [0.1, 0.15) is 42.3 Å². The molecular weight excluding hydrogens is 286 g/mol. The summed E-state index contributed by atoms with van der Waals surface area (Å²) in [5.74, 6) is 0. The molecule has 2 aromatic rings. The number of benzene rings is 1. The molecule has 1 atom stereocenters. The van der Waals surface area contributed by atoms with E-state index in [1.54, 1.807) is 11.3 Å². The van der Waals surface area contributed by atoms with E-state index in [0.717, 1.165) is 30.1 Å². The second-order valence-electron chi connectivity index (χ2n) is 5.02. The number of hydrogen-bond donors (Lipinski definition) is 1. The van der Waals surface area contributed by atoms with Crippen molar-refractivity contribution in [2.24, 2.45) is 0 Å². The molecule has 0 aliphatic heterocycles. The van der Waals surface area contributed by atoms with Crippen LogP contribution in [0.4, 0.5) is 0 Å². The summed E-state index contributed by atoms with van der Waals surface area (Å²) in [5, 5.41) is 3.63. The standard InChI is InChI=1S/C17H22ClNS/c1-3-11-19-15(16-9-10-17(18)20-16)12-14-7-5-13(4-2)6-8-14/h5-10,15,19H,3-4,11-12H2,1-2H3. The van der Waals surface area contributed by atoms with Crippen LogP contribution in [0.3, 0.4) is 0 Å². The molecule has 0 spiro atoms. The molecule has 1 heterocycles. The first-order valence-electron chi connectivity index (χ1n) is 7.29. The third-order valence-electron chi connectivity index (χ3n) is 3.45. The molecule has 0 aliphatic carbocycles. The second kappa shape index (κ2) is 7.82. The lowest BCUT2D eigenvalue weighted by molar-refractivity contribution is 0.536. The maximum Gasteiger partial charge on any atom is 0.0931 e. The fraction of sp³-hybridized carbons (Fsp3) is 0.412. The molecule has 20 heavy (non-hydrogen) atoms. The molecule has 1 unspecified atom stereocenters. The van der Waals surface area contributed by atoms with Crippen molar-refractivity contribution in [3.05, 3.63) is 56.7 Å². The van der Waals surface area contributed by atoms with E-state index in [-0.39, 0.29) is 0 Å². The van der Waals surface area contributed by atoms with Gasteiger partial charge in [-0.25, -0.2) is 0 Å². The van der Waals surface area contributed by atoms with Gasteiger partial charge in [-0.1, -0.05) is 49.7 Å². The zero-order valence-electron chi connectivity index (χ0n) is 12.2. The van der Waals surface area contributed by atoms with Crippen LogP contribution in [0.25, 0.3) is 0 Å². The van der Waals surface area contributed by atoms with Crippen molar-refractivity contribution >= 4 is 22.9 Å². The summed E-state index contributed by atoms with van der Waals surface area (Å²) in [5.41, 5.74) is 2.77. The Morgan fingerprint density at radius 1 is 1.05 bits per heavy atom. The third kappa shape index (κ3) is 4.34. The summed E-state index contributed by atoms with van der Waals surface area (Å²) in [6, 6.07) is 13.4. The molecule has 0 radical (unpaired) electrons. The van der Waals surface area contributed by atoms with Gasteiger partial charge in [0.25, 0.3) is 0 Å². The maximum absolute atomic E-state index is 6.07. The quantitative estimate of drug-likeness (QED) is 0.737. The molecule has 108 valence electrons. The highest BCUT2D eigenvalue weighted by molar-refractivity contribution is 7.16. The summed E-state index contributed by atoms with van der Waals surface area (Å²) in [7, 11) is 0. The Balaban J connectivity index is 2.10.